The zero-order chi connectivity index (χ0) is 14.6. The lowest BCUT2D eigenvalue weighted by atomic mass is 9.92. The quantitative estimate of drug-likeness (QED) is 0.888. The van der Waals surface area contributed by atoms with E-state index in [-0.39, 0.29) is 5.69 Å². The van der Waals surface area contributed by atoms with Gasteiger partial charge < -0.3 is 10.4 Å². The van der Waals surface area contributed by atoms with Gasteiger partial charge in [0.25, 0.3) is 0 Å². The average molecular weight is 267 g/mol. The number of carboxylic acid groups (broad SMARTS) is 1. The number of nitrogens with one attached hydrogen (secondary N) is 1. The van der Waals surface area contributed by atoms with E-state index < -0.39 is 11.5 Å². The molecule has 0 aliphatic heterocycles. The number of rotatable bonds is 4. The second-order valence-electron chi connectivity index (χ2n) is 4.44. The summed E-state index contributed by atoms with van der Waals surface area (Å²) in [7, 11) is 0. The van der Waals surface area contributed by atoms with Crippen LogP contribution in [0.2, 0.25) is 0 Å². The van der Waals surface area contributed by atoms with E-state index in [9.17, 15) is 9.90 Å². The SMILES string of the molecule is CC(Nc1cccc(C#N)n1)(C(=O)O)c1ccccc1. The third-order valence-corrected chi connectivity index (χ3v) is 3.02. The zero-order valence-electron chi connectivity index (χ0n) is 10.9. The lowest BCUT2D eigenvalue weighted by Crippen LogP contribution is -2.40. The zero-order valence-corrected chi connectivity index (χ0v) is 10.9. The van der Waals surface area contributed by atoms with Crippen LogP contribution in [-0.4, -0.2) is 16.1 Å². The van der Waals surface area contributed by atoms with Crippen LogP contribution in [0.25, 0.3) is 0 Å². The van der Waals surface area contributed by atoms with Crippen molar-refractivity contribution in [1.29, 1.82) is 5.26 Å². The molecule has 5 heteroatoms. The number of benzene rings is 1. The highest BCUT2D eigenvalue weighted by atomic mass is 16.4. The van der Waals surface area contributed by atoms with Gasteiger partial charge in [-0.05, 0) is 24.6 Å². The summed E-state index contributed by atoms with van der Waals surface area (Å²) in [6, 6.07) is 15.6. The van der Waals surface area contributed by atoms with Gasteiger partial charge in [-0.3, -0.25) is 0 Å². The third-order valence-electron chi connectivity index (χ3n) is 3.02. The molecule has 0 fully saturated rings. The monoisotopic (exact) mass is 267 g/mol. The van der Waals surface area contributed by atoms with Crippen LogP contribution in [0.15, 0.2) is 48.5 Å². The molecule has 1 unspecified atom stereocenters. The van der Waals surface area contributed by atoms with Gasteiger partial charge in [0, 0.05) is 0 Å². The highest BCUT2D eigenvalue weighted by molar-refractivity contribution is 5.83. The average Bonchev–Trinajstić information content (AvgIpc) is 2.48. The largest absolute Gasteiger partial charge is 0.479 e. The van der Waals surface area contributed by atoms with E-state index in [1.807, 2.05) is 12.1 Å². The minimum atomic E-state index is -1.32. The number of aromatic nitrogens is 1. The number of pyridine rings is 1. The molecule has 2 rings (SSSR count). The summed E-state index contributed by atoms with van der Waals surface area (Å²) in [5.41, 5.74) is -0.477. The lowest BCUT2D eigenvalue weighted by molar-refractivity contribution is -0.142. The highest BCUT2D eigenvalue weighted by Gasteiger charge is 2.35. The standard InChI is InChI=1S/C15H13N3O2/c1-15(14(19)20,11-6-3-2-4-7-11)18-13-9-5-8-12(10-16)17-13/h2-9H,1H3,(H,17,18)(H,19,20). The first kappa shape index (κ1) is 13.6. The number of hydrogen-bond donors (Lipinski definition) is 2. The smallest absolute Gasteiger partial charge is 0.333 e. The Hall–Kier alpha value is -2.87. The van der Waals surface area contributed by atoms with E-state index >= 15 is 0 Å². The Balaban J connectivity index is 2.40. The van der Waals surface area contributed by atoms with Gasteiger partial charge in [-0.25, -0.2) is 9.78 Å². The Morgan fingerprint density at radius 1 is 1.25 bits per heavy atom. The Kier molecular flexibility index (Phi) is 3.67. The first-order valence-corrected chi connectivity index (χ1v) is 6.00. The van der Waals surface area contributed by atoms with Crippen LogP contribution in [-0.2, 0) is 10.3 Å². The number of carbonyl (C=O) groups is 1. The molecule has 20 heavy (non-hydrogen) atoms. The van der Waals surface area contributed by atoms with Crippen molar-refractivity contribution in [2.24, 2.45) is 0 Å². The van der Waals surface area contributed by atoms with Gasteiger partial charge in [0.2, 0.25) is 0 Å². The van der Waals surface area contributed by atoms with Crippen molar-refractivity contribution >= 4 is 11.8 Å². The van der Waals surface area contributed by atoms with Gasteiger partial charge in [-0.1, -0.05) is 36.4 Å². The van der Waals surface area contributed by atoms with Crippen molar-refractivity contribution in [2.75, 3.05) is 5.32 Å². The van der Waals surface area contributed by atoms with Crippen molar-refractivity contribution < 1.29 is 9.90 Å². The second kappa shape index (κ2) is 5.41. The Bertz CT molecular complexity index is 664. The van der Waals surface area contributed by atoms with Crippen LogP contribution in [0.5, 0.6) is 0 Å². The molecule has 5 nitrogen and oxygen atoms in total. The van der Waals surface area contributed by atoms with Crippen molar-refractivity contribution in [3.8, 4) is 6.07 Å². The van der Waals surface area contributed by atoms with Crippen LogP contribution in [0.4, 0.5) is 5.82 Å². The number of aliphatic carboxylic acids is 1. The van der Waals surface area contributed by atoms with E-state index in [1.165, 1.54) is 0 Å². The molecule has 0 spiro atoms. The Labute approximate surface area is 116 Å². The molecule has 2 aromatic rings. The number of nitrogens with zero attached hydrogens (tertiary/aromatic N) is 2. The Morgan fingerprint density at radius 2 is 1.95 bits per heavy atom. The van der Waals surface area contributed by atoms with E-state index in [1.54, 1.807) is 49.4 Å². The summed E-state index contributed by atoms with van der Waals surface area (Å²) in [4.78, 5) is 15.7. The lowest BCUT2D eigenvalue weighted by Gasteiger charge is -2.27. The number of nitriles is 1. The molecule has 0 saturated heterocycles. The summed E-state index contributed by atoms with van der Waals surface area (Å²) in [6.07, 6.45) is 0. The third kappa shape index (κ3) is 2.59. The molecule has 0 bridgehead atoms. The summed E-state index contributed by atoms with van der Waals surface area (Å²) < 4.78 is 0. The van der Waals surface area contributed by atoms with Gasteiger partial charge >= 0.3 is 5.97 Å². The van der Waals surface area contributed by atoms with Crippen LogP contribution >= 0.6 is 0 Å². The van der Waals surface area contributed by atoms with Crippen LogP contribution in [0, 0.1) is 11.3 Å². The van der Waals surface area contributed by atoms with E-state index in [0.29, 0.717) is 11.4 Å². The molecule has 0 aliphatic carbocycles. The fourth-order valence-electron chi connectivity index (χ4n) is 1.84. The molecular formula is C15H13N3O2. The minimum absolute atomic E-state index is 0.232. The molecule has 0 saturated carbocycles. The Morgan fingerprint density at radius 3 is 2.55 bits per heavy atom. The molecule has 100 valence electrons. The molecule has 1 aromatic carbocycles. The van der Waals surface area contributed by atoms with Gasteiger partial charge in [0.1, 0.15) is 17.6 Å². The first-order valence-electron chi connectivity index (χ1n) is 6.00. The normalized spacial score (nSPS) is 13.0. The highest BCUT2D eigenvalue weighted by Crippen LogP contribution is 2.25. The van der Waals surface area contributed by atoms with Crippen molar-refractivity contribution in [3.05, 3.63) is 59.8 Å². The van der Waals surface area contributed by atoms with E-state index in [2.05, 4.69) is 10.3 Å². The van der Waals surface area contributed by atoms with Crippen molar-refractivity contribution in [1.82, 2.24) is 4.98 Å². The van der Waals surface area contributed by atoms with Gasteiger partial charge in [-0.15, -0.1) is 0 Å². The fourth-order valence-corrected chi connectivity index (χ4v) is 1.84. The topological polar surface area (TPSA) is 86.0 Å². The van der Waals surface area contributed by atoms with Gasteiger partial charge in [0.05, 0.1) is 0 Å². The number of carboxylic acids is 1. The molecule has 2 N–H and O–H groups in total. The summed E-state index contributed by atoms with van der Waals surface area (Å²) in [5, 5.41) is 21.2. The van der Waals surface area contributed by atoms with E-state index in [0.717, 1.165) is 0 Å². The van der Waals surface area contributed by atoms with E-state index in [4.69, 9.17) is 5.26 Å². The van der Waals surface area contributed by atoms with Gasteiger partial charge in [0.15, 0.2) is 5.54 Å². The summed E-state index contributed by atoms with van der Waals surface area (Å²) >= 11 is 0. The van der Waals surface area contributed by atoms with Crippen molar-refractivity contribution in [2.45, 2.75) is 12.5 Å². The van der Waals surface area contributed by atoms with Crippen LogP contribution in [0.1, 0.15) is 18.2 Å². The fraction of sp³-hybridized carbons (Fsp3) is 0.133. The second-order valence-corrected chi connectivity index (χ2v) is 4.44. The maximum Gasteiger partial charge on any atom is 0.333 e. The van der Waals surface area contributed by atoms with Crippen LogP contribution in [0.3, 0.4) is 0 Å². The minimum Gasteiger partial charge on any atom is -0.479 e. The molecule has 0 aliphatic rings. The molecule has 0 radical (unpaired) electrons. The molecule has 1 atom stereocenters. The maximum atomic E-state index is 11.6. The van der Waals surface area contributed by atoms with Crippen LogP contribution < -0.4 is 5.32 Å². The number of hydrogen-bond acceptors (Lipinski definition) is 4. The maximum absolute atomic E-state index is 11.6. The summed E-state index contributed by atoms with van der Waals surface area (Å²) in [5.74, 6) is -0.675. The molecule has 1 aromatic heterocycles. The van der Waals surface area contributed by atoms with Crippen molar-refractivity contribution in [3.63, 3.8) is 0 Å². The van der Waals surface area contributed by atoms with Gasteiger partial charge in [-0.2, -0.15) is 5.26 Å². The predicted molar refractivity (Wildman–Crippen MR) is 74.0 cm³/mol. The summed E-state index contributed by atoms with van der Waals surface area (Å²) in [6.45, 7) is 1.56. The molecular weight excluding hydrogens is 254 g/mol. The molecule has 0 amide bonds. The number of anilines is 1. The predicted octanol–water partition coefficient (Wildman–Crippen LogP) is 2.37. The first-order chi connectivity index (χ1) is 9.56. The molecule has 1 heterocycles.